The molecule has 1 heterocycles. The van der Waals surface area contributed by atoms with Crippen LogP contribution in [0.5, 0.6) is 0 Å². The Hall–Kier alpha value is -1.07. The summed E-state index contributed by atoms with van der Waals surface area (Å²) in [4.78, 5) is 3.68. The molecule has 0 spiro atoms. The van der Waals surface area contributed by atoms with Gasteiger partial charge in [-0.1, -0.05) is 6.58 Å². The fraction of sp³-hybridized carbons (Fsp3) is 0. The van der Waals surface area contributed by atoms with Gasteiger partial charge >= 0.3 is 7.12 Å². The van der Waals surface area contributed by atoms with Crippen LogP contribution in [-0.2, 0) is 0 Å². The van der Waals surface area contributed by atoms with Crippen molar-refractivity contribution in [1.82, 2.24) is 9.55 Å². The molecule has 10 heavy (non-hydrogen) atoms. The van der Waals surface area contributed by atoms with Crippen LogP contribution in [0.2, 0.25) is 0 Å². The van der Waals surface area contributed by atoms with Crippen molar-refractivity contribution in [2.75, 3.05) is 0 Å². The van der Waals surface area contributed by atoms with E-state index in [0.29, 0.717) is 0 Å². The molecule has 4 nitrogen and oxygen atoms in total. The topological polar surface area (TPSA) is 58.3 Å². The summed E-state index contributed by atoms with van der Waals surface area (Å²) in [5.41, 5.74) is 0.176. The van der Waals surface area contributed by atoms with Crippen molar-refractivity contribution in [2.45, 2.75) is 0 Å². The predicted molar refractivity (Wildman–Crippen MR) is 38.4 cm³/mol. The molecule has 0 amide bonds. The number of rotatable bonds is 2. The Bertz CT molecular complexity index is 233. The third-order valence-corrected chi connectivity index (χ3v) is 1.13. The molecule has 0 aromatic carbocycles. The first-order valence-corrected chi connectivity index (χ1v) is 2.77. The average Bonchev–Trinajstić information content (AvgIpc) is 2.33. The van der Waals surface area contributed by atoms with E-state index in [2.05, 4.69) is 11.6 Å². The van der Waals surface area contributed by atoms with Gasteiger partial charge in [0, 0.05) is 18.6 Å². The lowest BCUT2D eigenvalue weighted by Gasteiger charge is -1.97. The van der Waals surface area contributed by atoms with Gasteiger partial charge < -0.3 is 14.6 Å². The molecular weight excluding hydrogens is 131 g/mol. The van der Waals surface area contributed by atoms with Gasteiger partial charge in [-0.15, -0.1) is 0 Å². The summed E-state index contributed by atoms with van der Waals surface area (Å²) >= 11 is 0. The molecule has 0 aliphatic carbocycles. The molecule has 2 N–H and O–H groups in total. The van der Waals surface area contributed by atoms with Crippen LogP contribution in [0.4, 0.5) is 0 Å². The van der Waals surface area contributed by atoms with Crippen molar-refractivity contribution < 1.29 is 10.0 Å². The van der Waals surface area contributed by atoms with Gasteiger partial charge in [-0.2, -0.15) is 0 Å². The first-order chi connectivity index (χ1) is 4.75. The lowest BCUT2D eigenvalue weighted by Crippen LogP contribution is -2.36. The van der Waals surface area contributed by atoms with Crippen LogP contribution in [0.3, 0.4) is 0 Å². The van der Waals surface area contributed by atoms with Crippen LogP contribution in [0.25, 0.3) is 6.20 Å². The first kappa shape index (κ1) is 7.05. The summed E-state index contributed by atoms with van der Waals surface area (Å²) in [6, 6.07) is 0. The van der Waals surface area contributed by atoms with Gasteiger partial charge in [-0.25, -0.2) is 4.98 Å². The van der Waals surface area contributed by atoms with E-state index in [1.165, 1.54) is 17.0 Å². The molecule has 0 aliphatic rings. The molecule has 52 valence electrons. The Kier molecular flexibility index (Phi) is 1.89. The Balaban J connectivity index is 3.01. The second-order valence-electron chi connectivity index (χ2n) is 1.75. The molecule has 1 aromatic heterocycles. The fourth-order valence-electron chi connectivity index (χ4n) is 0.679. The van der Waals surface area contributed by atoms with Gasteiger partial charge in [0.25, 0.3) is 0 Å². The molecule has 5 heteroatoms. The van der Waals surface area contributed by atoms with E-state index in [0.717, 1.165) is 0 Å². The van der Waals surface area contributed by atoms with Crippen LogP contribution in [0.15, 0.2) is 19.0 Å². The summed E-state index contributed by atoms with van der Waals surface area (Å²) in [7, 11) is -1.53. The van der Waals surface area contributed by atoms with Crippen molar-refractivity contribution in [3.05, 3.63) is 19.0 Å². The maximum Gasteiger partial charge on any atom is 0.526 e. The summed E-state index contributed by atoms with van der Waals surface area (Å²) in [6.07, 6.45) is 4.50. The van der Waals surface area contributed by atoms with E-state index < -0.39 is 7.12 Å². The molecule has 0 saturated carbocycles. The van der Waals surface area contributed by atoms with E-state index >= 15 is 0 Å². The van der Waals surface area contributed by atoms with Crippen LogP contribution in [0, 0.1) is 0 Å². The van der Waals surface area contributed by atoms with Gasteiger partial charge in [0.05, 0.1) is 0 Å². The van der Waals surface area contributed by atoms with E-state index in [1.807, 2.05) is 0 Å². The van der Waals surface area contributed by atoms with Crippen molar-refractivity contribution in [2.24, 2.45) is 0 Å². The zero-order valence-corrected chi connectivity index (χ0v) is 5.31. The number of hydrogen-bond acceptors (Lipinski definition) is 3. The molecule has 1 rings (SSSR count). The van der Waals surface area contributed by atoms with Crippen molar-refractivity contribution >= 4 is 19.0 Å². The third-order valence-electron chi connectivity index (χ3n) is 1.13. The lowest BCUT2D eigenvalue weighted by molar-refractivity contribution is 0.422. The van der Waals surface area contributed by atoms with E-state index in [9.17, 15) is 0 Å². The number of imidazole rings is 1. The van der Waals surface area contributed by atoms with Gasteiger partial charge in [-0.05, 0) is 0 Å². The molecule has 0 saturated heterocycles. The Morgan fingerprint density at radius 1 is 1.70 bits per heavy atom. The van der Waals surface area contributed by atoms with Crippen molar-refractivity contribution in [3.8, 4) is 0 Å². The number of aromatic nitrogens is 2. The van der Waals surface area contributed by atoms with E-state index in [4.69, 9.17) is 10.0 Å². The molecule has 0 fully saturated rings. The fourth-order valence-corrected chi connectivity index (χ4v) is 0.679. The summed E-state index contributed by atoms with van der Waals surface area (Å²) in [5, 5.41) is 17.3. The van der Waals surface area contributed by atoms with Crippen molar-refractivity contribution in [3.63, 3.8) is 0 Å². The van der Waals surface area contributed by atoms with Crippen LogP contribution < -0.4 is 5.72 Å². The highest BCUT2D eigenvalue weighted by Crippen LogP contribution is 1.83. The van der Waals surface area contributed by atoms with Gasteiger partial charge in [0.15, 0.2) is 0 Å². The second kappa shape index (κ2) is 2.68. The average molecular weight is 138 g/mol. The smallest absolute Gasteiger partial charge is 0.421 e. The standard InChI is InChI=1S/C5H7BN2O2/c1-2-8-4-3-7-5(8)6(9)10/h2-4,9-10H,1H2. The minimum Gasteiger partial charge on any atom is -0.421 e. The normalized spacial score (nSPS) is 9.40. The first-order valence-electron chi connectivity index (χ1n) is 2.77. The maximum atomic E-state index is 8.65. The lowest BCUT2D eigenvalue weighted by atomic mass is 9.91. The predicted octanol–water partition coefficient (Wildman–Crippen LogP) is -1.34. The summed E-state index contributed by atoms with van der Waals surface area (Å²) < 4.78 is 1.44. The summed E-state index contributed by atoms with van der Waals surface area (Å²) in [6.45, 7) is 3.45. The second-order valence-corrected chi connectivity index (χ2v) is 1.75. The Labute approximate surface area is 58.6 Å². The quantitative estimate of drug-likeness (QED) is 0.497. The SMILES string of the molecule is C=Cn1ccnc1B(O)O. The Morgan fingerprint density at radius 2 is 2.40 bits per heavy atom. The molecule has 0 bridgehead atoms. The molecule has 0 unspecified atom stereocenters. The van der Waals surface area contributed by atoms with Gasteiger partial charge in [0.2, 0.25) is 0 Å². The highest BCUT2D eigenvalue weighted by molar-refractivity contribution is 6.56. The van der Waals surface area contributed by atoms with E-state index in [-0.39, 0.29) is 5.72 Å². The molecule has 0 atom stereocenters. The highest BCUT2D eigenvalue weighted by Gasteiger charge is 2.15. The molecule has 0 radical (unpaired) electrons. The van der Waals surface area contributed by atoms with Crippen LogP contribution in [-0.4, -0.2) is 26.7 Å². The largest absolute Gasteiger partial charge is 0.526 e. The number of hydrogen-bond donors (Lipinski definition) is 2. The van der Waals surface area contributed by atoms with Gasteiger partial charge in [-0.3, -0.25) is 0 Å². The minimum absolute atomic E-state index is 0.176. The van der Waals surface area contributed by atoms with Crippen LogP contribution >= 0.6 is 0 Å². The zero-order chi connectivity index (χ0) is 7.56. The summed E-state index contributed by atoms with van der Waals surface area (Å²) in [5.74, 6) is 0. The molecule has 0 aliphatic heterocycles. The zero-order valence-electron chi connectivity index (χ0n) is 5.31. The molecule has 1 aromatic rings. The highest BCUT2D eigenvalue weighted by atomic mass is 16.4. The Morgan fingerprint density at radius 3 is 2.80 bits per heavy atom. The van der Waals surface area contributed by atoms with E-state index in [1.54, 1.807) is 6.20 Å². The van der Waals surface area contributed by atoms with Crippen molar-refractivity contribution in [1.29, 1.82) is 0 Å². The van der Waals surface area contributed by atoms with Gasteiger partial charge in [0.1, 0.15) is 5.72 Å². The van der Waals surface area contributed by atoms with Crippen LogP contribution in [0.1, 0.15) is 0 Å². The molecular formula is C5H7BN2O2. The number of nitrogens with zero attached hydrogens (tertiary/aromatic N) is 2. The minimum atomic E-state index is -1.53. The monoisotopic (exact) mass is 138 g/mol. The maximum absolute atomic E-state index is 8.65. The third kappa shape index (κ3) is 1.10.